The molecule has 3 nitrogen and oxygen atoms in total. The van der Waals surface area contributed by atoms with E-state index in [9.17, 15) is 5.11 Å². The number of phenolic OH excluding ortho intramolecular Hbond substituents is 1. The van der Waals surface area contributed by atoms with Gasteiger partial charge in [0.05, 0.1) is 13.2 Å². The second-order valence-corrected chi connectivity index (χ2v) is 9.85. The summed E-state index contributed by atoms with van der Waals surface area (Å²) in [5, 5.41) is 13.2. The number of anilines is 1. The quantitative estimate of drug-likeness (QED) is 0.382. The SMILES string of the molecule is Cc1cc2c3c(cc(O)c2cc1-c1ccc(N2CCOCC2)cc1)C(C)(C)c1ccccc1-3. The lowest BCUT2D eigenvalue weighted by atomic mass is 9.81. The maximum absolute atomic E-state index is 11.1. The van der Waals surface area contributed by atoms with Crippen LogP contribution >= 0.6 is 0 Å². The lowest BCUT2D eigenvalue weighted by Gasteiger charge is -2.29. The Bertz CT molecular complexity index is 1380. The van der Waals surface area contributed by atoms with Crippen molar-refractivity contribution >= 4 is 16.5 Å². The van der Waals surface area contributed by atoms with Gasteiger partial charge in [0.15, 0.2) is 0 Å². The number of aryl methyl sites for hydroxylation is 1. The van der Waals surface area contributed by atoms with E-state index in [0.29, 0.717) is 5.75 Å². The van der Waals surface area contributed by atoms with E-state index in [1.54, 1.807) is 0 Å². The molecule has 0 amide bonds. The summed E-state index contributed by atoms with van der Waals surface area (Å²) in [6.07, 6.45) is 0. The van der Waals surface area contributed by atoms with Crippen LogP contribution < -0.4 is 4.90 Å². The van der Waals surface area contributed by atoms with Crippen LogP contribution in [0.2, 0.25) is 0 Å². The van der Waals surface area contributed by atoms with Gasteiger partial charge in [-0.15, -0.1) is 0 Å². The van der Waals surface area contributed by atoms with Crippen LogP contribution in [0.3, 0.4) is 0 Å². The van der Waals surface area contributed by atoms with Crippen molar-refractivity contribution in [2.24, 2.45) is 0 Å². The molecule has 4 aromatic carbocycles. The van der Waals surface area contributed by atoms with E-state index in [0.717, 1.165) is 42.6 Å². The molecule has 1 fully saturated rings. The van der Waals surface area contributed by atoms with Gasteiger partial charge in [0.1, 0.15) is 5.75 Å². The number of aromatic hydroxyl groups is 1. The molecular formula is C30H29NO2. The van der Waals surface area contributed by atoms with E-state index in [4.69, 9.17) is 4.74 Å². The van der Waals surface area contributed by atoms with Gasteiger partial charge in [-0.05, 0) is 75.5 Å². The summed E-state index contributed by atoms with van der Waals surface area (Å²) < 4.78 is 5.48. The zero-order valence-corrected chi connectivity index (χ0v) is 19.5. The number of fused-ring (bicyclic) bond motifs is 5. The maximum Gasteiger partial charge on any atom is 0.123 e. The van der Waals surface area contributed by atoms with Crippen LogP contribution in [-0.4, -0.2) is 31.4 Å². The molecule has 0 unspecified atom stereocenters. The number of phenols is 1. The Balaban J connectivity index is 1.49. The smallest absolute Gasteiger partial charge is 0.123 e. The van der Waals surface area contributed by atoms with Crippen molar-refractivity contribution in [1.29, 1.82) is 0 Å². The normalized spacial score (nSPS) is 16.6. The number of hydrogen-bond acceptors (Lipinski definition) is 3. The first-order valence-electron chi connectivity index (χ1n) is 11.8. The molecule has 2 aliphatic rings. The fraction of sp³-hybridized carbons (Fsp3) is 0.267. The molecule has 0 aromatic heterocycles. The minimum atomic E-state index is -0.125. The summed E-state index contributed by atoms with van der Waals surface area (Å²) in [5.74, 6) is 0.357. The van der Waals surface area contributed by atoms with Crippen molar-refractivity contribution in [2.75, 3.05) is 31.2 Å². The molecule has 0 saturated carbocycles. The third kappa shape index (κ3) is 3.07. The Hall–Kier alpha value is -3.30. The molecule has 0 spiro atoms. The van der Waals surface area contributed by atoms with Crippen LogP contribution in [0.25, 0.3) is 33.0 Å². The van der Waals surface area contributed by atoms with Gasteiger partial charge >= 0.3 is 0 Å². The highest BCUT2D eigenvalue weighted by molar-refractivity contribution is 6.07. The topological polar surface area (TPSA) is 32.7 Å². The first kappa shape index (κ1) is 20.3. The molecule has 1 aliphatic heterocycles. The largest absolute Gasteiger partial charge is 0.507 e. The summed E-state index contributed by atoms with van der Waals surface area (Å²) in [6.45, 7) is 10.1. The van der Waals surface area contributed by atoms with Crippen molar-refractivity contribution in [3.05, 3.63) is 83.4 Å². The van der Waals surface area contributed by atoms with Gasteiger partial charge in [-0.1, -0.05) is 56.3 Å². The summed E-state index contributed by atoms with van der Waals surface area (Å²) in [5.41, 5.74) is 9.74. The van der Waals surface area contributed by atoms with Gasteiger partial charge in [-0.3, -0.25) is 0 Å². The number of ether oxygens (including phenoxy) is 1. The van der Waals surface area contributed by atoms with Gasteiger partial charge in [0.2, 0.25) is 0 Å². The lowest BCUT2D eigenvalue weighted by molar-refractivity contribution is 0.122. The van der Waals surface area contributed by atoms with Crippen LogP contribution in [-0.2, 0) is 10.2 Å². The first-order chi connectivity index (χ1) is 15.9. The van der Waals surface area contributed by atoms with Crippen LogP contribution in [0.15, 0.2) is 66.7 Å². The fourth-order valence-corrected chi connectivity index (χ4v) is 5.72. The fourth-order valence-electron chi connectivity index (χ4n) is 5.72. The van der Waals surface area contributed by atoms with Crippen molar-refractivity contribution in [1.82, 2.24) is 0 Å². The van der Waals surface area contributed by atoms with E-state index in [-0.39, 0.29) is 5.41 Å². The number of morpholine rings is 1. The second kappa shape index (κ2) is 7.36. The van der Waals surface area contributed by atoms with Gasteiger partial charge < -0.3 is 14.7 Å². The predicted molar refractivity (Wildman–Crippen MR) is 136 cm³/mol. The van der Waals surface area contributed by atoms with E-state index < -0.39 is 0 Å². The Morgan fingerprint density at radius 1 is 0.818 bits per heavy atom. The van der Waals surface area contributed by atoms with Crippen molar-refractivity contribution in [3.63, 3.8) is 0 Å². The highest BCUT2D eigenvalue weighted by Gasteiger charge is 2.37. The number of nitrogens with zero attached hydrogens (tertiary/aromatic N) is 1. The minimum absolute atomic E-state index is 0.125. The second-order valence-electron chi connectivity index (χ2n) is 9.85. The molecule has 0 atom stereocenters. The predicted octanol–water partition coefficient (Wildman–Crippen LogP) is 6.66. The van der Waals surface area contributed by atoms with Gasteiger partial charge in [-0.2, -0.15) is 0 Å². The van der Waals surface area contributed by atoms with Crippen LogP contribution in [0, 0.1) is 6.92 Å². The van der Waals surface area contributed by atoms with Crippen molar-refractivity contribution < 1.29 is 9.84 Å². The third-order valence-corrected chi connectivity index (χ3v) is 7.56. The van der Waals surface area contributed by atoms with Crippen LogP contribution in [0.4, 0.5) is 5.69 Å². The van der Waals surface area contributed by atoms with Crippen LogP contribution in [0.1, 0.15) is 30.5 Å². The average molecular weight is 436 g/mol. The molecule has 4 aromatic rings. The molecule has 1 aliphatic carbocycles. The molecule has 33 heavy (non-hydrogen) atoms. The van der Waals surface area contributed by atoms with Crippen LogP contribution in [0.5, 0.6) is 5.75 Å². The number of benzene rings is 4. The van der Waals surface area contributed by atoms with Gasteiger partial charge in [-0.25, -0.2) is 0 Å². The molecule has 6 rings (SSSR count). The summed E-state index contributed by atoms with van der Waals surface area (Å²) in [6, 6.07) is 23.9. The Morgan fingerprint density at radius 3 is 2.30 bits per heavy atom. The number of hydrogen-bond donors (Lipinski definition) is 1. The highest BCUT2D eigenvalue weighted by Crippen LogP contribution is 2.53. The zero-order valence-electron chi connectivity index (χ0n) is 19.5. The van der Waals surface area contributed by atoms with E-state index in [1.807, 2.05) is 6.07 Å². The Morgan fingerprint density at radius 2 is 1.55 bits per heavy atom. The van der Waals surface area contributed by atoms with Gasteiger partial charge in [0.25, 0.3) is 0 Å². The van der Waals surface area contributed by atoms with E-state index in [2.05, 4.69) is 86.3 Å². The third-order valence-electron chi connectivity index (χ3n) is 7.56. The number of rotatable bonds is 2. The van der Waals surface area contributed by atoms with Crippen molar-refractivity contribution in [3.8, 4) is 28.0 Å². The molecule has 0 radical (unpaired) electrons. The highest BCUT2D eigenvalue weighted by atomic mass is 16.5. The molecule has 0 bridgehead atoms. The maximum atomic E-state index is 11.1. The molecule has 1 heterocycles. The Kier molecular flexibility index (Phi) is 4.53. The summed E-state index contributed by atoms with van der Waals surface area (Å²) in [7, 11) is 0. The van der Waals surface area contributed by atoms with Gasteiger partial charge in [0, 0.05) is 29.6 Å². The summed E-state index contributed by atoms with van der Waals surface area (Å²) >= 11 is 0. The van der Waals surface area contributed by atoms with Crippen molar-refractivity contribution in [2.45, 2.75) is 26.2 Å². The lowest BCUT2D eigenvalue weighted by Crippen LogP contribution is -2.36. The van der Waals surface area contributed by atoms with E-state index >= 15 is 0 Å². The molecular weight excluding hydrogens is 406 g/mol. The molecule has 1 N–H and O–H groups in total. The Labute approximate surface area is 195 Å². The first-order valence-corrected chi connectivity index (χ1v) is 11.8. The molecule has 1 saturated heterocycles. The molecule has 166 valence electrons. The average Bonchev–Trinajstić information content (AvgIpc) is 3.06. The zero-order chi connectivity index (χ0) is 22.7. The standard InChI is InChI=1S/C30H29NO2/c1-19-16-25-24(17-23(19)20-8-10-21(11-9-20)31-12-14-33-15-13-31)28(32)18-27-29(25)22-6-4-5-7-26(22)30(27,2)3/h4-11,16-18,32H,12-15H2,1-3H3. The van der Waals surface area contributed by atoms with E-state index in [1.165, 1.54) is 39.1 Å². The minimum Gasteiger partial charge on any atom is -0.507 e. The summed E-state index contributed by atoms with van der Waals surface area (Å²) in [4.78, 5) is 2.37. The monoisotopic (exact) mass is 435 g/mol. The molecule has 3 heteroatoms.